The summed E-state index contributed by atoms with van der Waals surface area (Å²) in [7, 11) is 1.46. The Morgan fingerprint density at radius 3 is 2.57 bits per heavy atom. The predicted octanol–water partition coefficient (Wildman–Crippen LogP) is 2.73. The minimum atomic E-state index is -0.478. The third-order valence-corrected chi connectivity index (χ3v) is 3.56. The molecule has 21 heavy (non-hydrogen) atoms. The van der Waals surface area contributed by atoms with Crippen molar-refractivity contribution in [3.8, 4) is 5.75 Å². The molecule has 0 aromatic heterocycles. The number of nitrogens with zero attached hydrogens (tertiary/aromatic N) is 1. The van der Waals surface area contributed by atoms with Gasteiger partial charge in [-0.2, -0.15) is 0 Å². The van der Waals surface area contributed by atoms with Crippen LogP contribution in [-0.4, -0.2) is 18.9 Å². The zero-order valence-electron chi connectivity index (χ0n) is 11.1. The molecule has 0 saturated heterocycles. The number of ether oxygens (including phenoxy) is 1. The van der Waals surface area contributed by atoms with E-state index in [1.807, 2.05) is 0 Å². The van der Waals surface area contributed by atoms with Crippen LogP contribution in [0.2, 0.25) is 5.02 Å². The number of imide groups is 1. The van der Waals surface area contributed by atoms with Gasteiger partial charge in [0.05, 0.1) is 23.9 Å². The van der Waals surface area contributed by atoms with E-state index in [1.165, 1.54) is 13.2 Å². The number of halogens is 1. The highest BCUT2D eigenvalue weighted by molar-refractivity contribution is 6.37. The molecule has 1 aliphatic heterocycles. The first kappa shape index (κ1) is 13.5. The van der Waals surface area contributed by atoms with Gasteiger partial charge in [-0.15, -0.1) is 0 Å². The van der Waals surface area contributed by atoms with Crippen molar-refractivity contribution in [1.82, 2.24) is 0 Å². The number of nitrogen functional groups attached to an aromatic ring is 1. The summed E-state index contributed by atoms with van der Waals surface area (Å²) in [6.07, 6.45) is 0. The van der Waals surface area contributed by atoms with E-state index in [2.05, 4.69) is 0 Å². The van der Waals surface area contributed by atoms with Crippen molar-refractivity contribution in [3.05, 3.63) is 52.5 Å². The molecule has 2 N–H and O–H groups in total. The lowest BCUT2D eigenvalue weighted by molar-refractivity contribution is 0.0925. The molecule has 3 rings (SSSR count). The summed E-state index contributed by atoms with van der Waals surface area (Å²) in [5, 5.41) is 0.398. The van der Waals surface area contributed by atoms with E-state index in [0.717, 1.165) is 4.90 Å². The van der Waals surface area contributed by atoms with Gasteiger partial charge < -0.3 is 10.5 Å². The fourth-order valence-corrected chi connectivity index (χ4v) is 2.53. The van der Waals surface area contributed by atoms with E-state index < -0.39 is 11.8 Å². The lowest BCUT2D eigenvalue weighted by Gasteiger charge is -2.17. The van der Waals surface area contributed by atoms with Gasteiger partial charge in [-0.3, -0.25) is 9.59 Å². The van der Waals surface area contributed by atoms with Crippen molar-refractivity contribution in [2.24, 2.45) is 0 Å². The first-order chi connectivity index (χ1) is 10.0. The van der Waals surface area contributed by atoms with E-state index in [1.54, 1.807) is 30.3 Å². The van der Waals surface area contributed by atoms with Gasteiger partial charge in [-0.25, -0.2) is 4.90 Å². The monoisotopic (exact) mass is 302 g/mol. The summed E-state index contributed by atoms with van der Waals surface area (Å²) >= 11 is 5.96. The normalized spacial score (nSPS) is 13.5. The van der Waals surface area contributed by atoms with E-state index in [-0.39, 0.29) is 16.8 Å². The second kappa shape index (κ2) is 4.79. The number of rotatable bonds is 2. The fraction of sp³-hybridized carbons (Fsp3) is 0.0667. The van der Waals surface area contributed by atoms with Crippen molar-refractivity contribution in [3.63, 3.8) is 0 Å². The van der Waals surface area contributed by atoms with Gasteiger partial charge in [-0.1, -0.05) is 17.7 Å². The number of fused-ring (bicyclic) bond motifs is 1. The van der Waals surface area contributed by atoms with Crippen LogP contribution in [0.3, 0.4) is 0 Å². The molecule has 6 heteroatoms. The molecule has 1 heterocycles. The highest BCUT2D eigenvalue weighted by Gasteiger charge is 2.39. The highest BCUT2D eigenvalue weighted by atomic mass is 35.5. The van der Waals surface area contributed by atoms with Crippen LogP contribution in [-0.2, 0) is 0 Å². The number of hydrogen-bond acceptors (Lipinski definition) is 4. The second-order valence-electron chi connectivity index (χ2n) is 4.53. The summed E-state index contributed by atoms with van der Waals surface area (Å²) in [4.78, 5) is 26.1. The summed E-state index contributed by atoms with van der Waals surface area (Å²) in [5.74, 6) is -0.538. The van der Waals surface area contributed by atoms with E-state index in [4.69, 9.17) is 22.1 Å². The van der Waals surface area contributed by atoms with Gasteiger partial charge >= 0.3 is 0 Å². The van der Waals surface area contributed by atoms with Gasteiger partial charge in [0, 0.05) is 10.7 Å². The molecule has 0 unspecified atom stereocenters. The van der Waals surface area contributed by atoms with Crippen LogP contribution in [0.25, 0.3) is 0 Å². The molecule has 0 fully saturated rings. The molecule has 2 amide bonds. The second-order valence-corrected chi connectivity index (χ2v) is 4.97. The lowest BCUT2D eigenvalue weighted by Crippen LogP contribution is -2.29. The average molecular weight is 303 g/mol. The molecule has 2 aromatic rings. The van der Waals surface area contributed by atoms with Crippen LogP contribution in [0.15, 0.2) is 36.4 Å². The molecule has 0 atom stereocenters. The summed E-state index contributed by atoms with van der Waals surface area (Å²) in [5.41, 5.74) is 6.87. The van der Waals surface area contributed by atoms with Gasteiger partial charge in [-0.05, 0) is 30.3 Å². The predicted molar refractivity (Wildman–Crippen MR) is 80.0 cm³/mol. The zero-order chi connectivity index (χ0) is 15.1. The molecular formula is C15H11ClN2O3. The molecule has 0 saturated carbocycles. The first-order valence-electron chi connectivity index (χ1n) is 6.15. The third-order valence-electron chi connectivity index (χ3n) is 3.33. The number of carbonyl (C=O) groups is 2. The van der Waals surface area contributed by atoms with Gasteiger partial charge in [0.25, 0.3) is 11.8 Å². The van der Waals surface area contributed by atoms with E-state index in [9.17, 15) is 9.59 Å². The molecule has 5 nitrogen and oxygen atoms in total. The van der Waals surface area contributed by atoms with Crippen LogP contribution in [0.5, 0.6) is 5.75 Å². The average Bonchev–Trinajstić information content (AvgIpc) is 2.72. The topological polar surface area (TPSA) is 72.6 Å². The number of amides is 2. The van der Waals surface area contributed by atoms with Crippen molar-refractivity contribution >= 4 is 34.8 Å². The van der Waals surface area contributed by atoms with Gasteiger partial charge in [0.2, 0.25) is 0 Å². The summed E-state index contributed by atoms with van der Waals surface area (Å²) in [6, 6.07) is 9.53. The number of anilines is 2. The quantitative estimate of drug-likeness (QED) is 0.684. The molecule has 0 bridgehead atoms. The van der Waals surface area contributed by atoms with Crippen molar-refractivity contribution in [2.75, 3.05) is 17.7 Å². The number of benzene rings is 2. The number of methoxy groups -OCH3 is 1. The number of nitrogens with two attached hydrogens (primary N) is 1. The van der Waals surface area contributed by atoms with Gasteiger partial charge in [0.1, 0.15) is 5.75 Å². The van der Waals surface area contributed by atoms with Crippen LogP contribution in [0.1, 0.15) is 20.7 Å². The Hall–Kier alpha value is -2.53. The molecule has 0 aliphatic carbocycles. The van der Waals surface area contributed by atoms with Crippen molar-refractivity contribution in [1.29, 1.82) is 0 Å². The van der Waals surface area contributed by atoms with E-state index in [0.29, 0.717) is 16.5 Å². The third kappa shape index (κ3) is 1.94. The molecule has 1 aliphatic rings. The molecular weight excluding hydrogens is 292 g/mol. The molecule has 106 valence electrons. The van der Waals surface area contributed by atoms with Crippen LogP contribution in [0.4, 0.5) is 11.4 Å². The number of hydrogen-bond donors (Lipinski definition) is 1. The SMILES string of the molecule is COc1ccc(Cl)cc1N1C(=O)c2cccc(N)c2C1=O. The summed E-state index contributed by atoms with van der Waals surface area (Å²) in [6.45, 7) is 0. The van der Waals surface area contributed by atoms with E-state index >= 15 is 0 Å². The Morgan fingerprint density at radius 2 is 1.90 bits per heavy atom. The standard InChI is InChI=1S/C15H11ClN2O3/c1-21-12-6-5-8(16)7-11(12)18-14(19)9-3-2-4-10(17)13(9)15(18)20/h2-7H,17H2,1H3. The minimum Gasteiger partial charge on any atom is -0.495 e. The lowest BCUT2D eigenvalue weighted by atomic mass is 10.1. The van der Waals surface area contributed by atoms with Crippen molar-refractivity contribution in [2.45, 2.75) is 0 Å². The van der Waals surface area contributed by atoms with Crippen molar-refractivity contribution < 1.29 is 14.3 Å². The smallest absolute Gasteiger partial charge is 0.268 e. The fourth-order valence-electron chi connectivity index (χ4n) is 2.37. The summed E-state index contributed by atoms with van der Waals surface area (Å²) < 4.78 is 5.20. The highest BCUT2D eigenvalue weighted by Crippen LogP contribution is 2.37. The Labute approximate surface area is 125 Å². The van der Waals surface area contributed by atoms with Gasteiger partial charge in [0.15, 0.2) is 0 Å². The molecule has 2 aromatic carbocycles. The maximum atomic E-state index is 12.5. The van der Waals surface area contributed by atoms with Crippen LogP contribution >= 0.6 is 11.6 Å². The molecule has 0 spiro atoms. The minimum absolute atomic E-state index is 0.213. The van der Waals surface area contributed by atoms with Crippen LogP contribution < -0.4 is 15.4 Å². The Balaban J connectivity index is 2.19. The largest absolute Gasteiger partial charge is 0.495 e. The molecule has 0 radical (unpaired) electrons. The zero-order valence-corrected chi connectivity index (χ0v) is 11.8. The van der Waals surface area contributed by atoms with Crippen LogP contribution in [0, 0.1) is 0 Å². The first-order valence-corrected chi connectivity index (χ1v) is 6.53. The number of carbonyl (C=O) groups excluding carboxylic acids is 2. The Kier molecular flexibility index (Phi) is 3.07. The maximum absolute atomic E-state index is 12.5. The Morgan fingerprint density at radius 1 is 1.14 bits per heavy atom. The maximum Gasteiger partial charge on any atom is 0.268 e. The Bertz CT molecular complexity index is 774.